The molecule has 2 aromatic heterocycles. The molecule has 0 radical (unpaired) electrons. The first-order valence-corrected chi connectivity index (χ1v) is 6.97. The maximum Gasteiger partial charge on any atom is 0.130 e. The van der Waals surface area contributed by atoms with Crippen molar-refractivity contribution in [1.29, 1.82) is 0 Å². The Hall–Kier alpha value is -2.56. The molecule has 0 unspecified atom stereocenters. The van der Waals surface area contributed by atoms with E-state index in [2.05, 4.69) is 23.1 Å². The van der Waals surface area contributed by atoms with Crippen molar-refractivity contribution in [3.05, 3.63) is 47.9 Å². The Labute approximate surface area is 123 Å². The van der Waals surface area contributed by atoms with E-state index in [4.69, 9.17) is 10.5 Å². The molecule has 0 bridgehead atoms. The summed E-state index contributed by atoms with van der Waals surface area (Å²) in [5.74, 6) is 0.784. The highest BCUT2D eigenvalue weighted by molar-refractivity contribution is 5.93. The van der Waals surface area contributed by atoms with Crippen molar-refractivity contribution >= 4 is 16.6 Å². The summed E-state index contributed by atoms with van der Waals surface area (Å²) in [6.07, 6.45) is 2.65. The van der Waals surface area contributed by atoms with Crippen molar-refractivity contribution in [2.75, 3.05) is 5.73 Å². The molecular weight excluding hydrogens is 264 g/mol. The van der Waals surface area contributed by atoms with Gasteiger partial charge in [0.15, 0.2) is 0 Å². The van der Waals surface area contributed by atoms with Gasteiger partial charge in [-0.15, -0.1) is 0 Å². The number of hydrogen-bond acceptors (Lipinski definition) is 4. The average molecular weight is 282 g/mol. The number of aryl methyl sites for hydroxylation is 2. The van der Waals surface area contributed by atoms with Gasteiger partial charge in [0, 0.05) is 18.6 Å². The van der Waals surface area contributed by atoms with Gasteiger partial charge in [-0.3, -0.25) is 9.67 Å². The van der Waals surface area contributed by atoms with Crippen molar-refractivity contribution in [3.63, 3.8) is 0 Å². The minimum Gasteiger partial charge on any atom is -0.487 e. The van der Waals surface area contributed by atoms with Crippen LogP contribution in [-0.2, 0) is 20.1 Å². The highest BCUT2D eigenvalue weighted by atomic mass is 16.5. The number of benzene rings is 1. The fourth-order valence-electron chi connectivity index (χ4n) is 2.33. The predicted octanol–water partition coefficient (Wildman–Crippen LogP) is 2.69. The molecule has 0 aliphatic carbocycles. The number of nitrogen functional groups attached to an aromatic ring is 1. The van der Waals surface area contributed by atoms with Gasteiger partial charge in [-0.25, -0.2) is 0 Å². The van der Waals surface area contributed by atoms with Crippen LogP contribution in [0.4, 0.5) is 5.69 Å². The summed E-state index contributed by atoms with van der Waals surface area (Å²) in [7, 11) is 1.93. The molecule has 21 heavy (non-hydrogen) atoms. The summed E-state index contributed by atoms with van der Waals surface area (Å²) in [6, 6.07) is 9.63. The standard InChI is InChI=1S/C16H18N4O/c1-3-11-9-12(20(2)19-11)10-21-15-7-6-14(17)16-13(15)5-4-8-18-16/h4-9H,3,10,17H2,1-2H3. The van der Waals surface area contributed by atoms with Gasteiger partial charge in [0.25, 0.3) is 0 Å². The van der Waals surface area contributed by atoms with Crippen molar-refractivity contribution in [3.8, 4) is 5.75 Å². The van der Waals surface area contributed by atoms with Gasteiger partial charge in [-0.05, 0) is 36.8 Å². The first-order valence-electron chi connectivity index (χ1n) is 6.97. The van der Waals surface area contributed by atoms with Gasteiger partial charge >= 0.3 is 0 Å². The van der Waals surface area contributed by atoms with Crippen LogP contribution in [0.15, 0.2) is 36.5 Å². The van der Waals surface area contributed by atoms with Gasteiger partial charge < -0.3 is 10.5 Å². The second-order valence-electron chi connectivity index (χ2n) is 4.95. The molecule has 2 N–H and O–H groups in total. The number of aromatic nitrogens is 3. The highest BCUT2D eigenvalue weighted by Crippen LogP contribution is 2.28. The van der Waals surface area contributed by atoms with Crippen LogP contribution in [0.3, 0.4) is 0 Å². The van der Waals surface area contributed by atoms with E-state index in [9.17, 15) is 0 Å². The van der Waals surface area contributed by atoms with Gasteiger partial charge in [0.1, 0.15) is 12.4 Å². The number of nitrogens with zero attached hydrogens (tertiary/aromatic N) is 3. The Bertz CT molecular complexity index is 779. The van der Waals surface area contributed by atoms with E-state index >= 15 is 0 Å². The van der Waals surface area contributed by atoms with Crippen molar-refractivity contribution in [2.45, 2.75) is 20.0 Å². The van der Waals surface area contributed by atoms with Crippen molar-refractivity contribution < 1.29 is 4.74 Å². The zero-order valence-electron chi connectivity index (χ0n) is 12.2. The molecule has 1 aromatic carbocycles. The predicted molar refractivity (Wildman–Crippen MR) is 83.1 cm³/mol. The van der Waals surface area contributed by atoms with Crippen LogP contribution in [0.2, 0.25) is 0 Å². The maximum atomic E-state index is 5.95. The van der Waals surface area contributed by atoms with Crippen LogP contribution in [-0.4, -0.2) is 14.8 Å². The Balaban J connectivity index is 1.88. The molecular formula is C16H18N4O. The normalized spacial score (nSPS) is 11.0. The number of pyridine rings is 1. The lowest BCUT2D eigenvalue weighted by Crippen LogP contribution is -2.03. The van der Waals surface area contributed by atoms with Gasteiger partial charge in [0.2, 0.25) is 0 Å². The van der Waals surface area contributed by atoms with E-state index in [0.717, 1.165) is 34.5 Å². The maximum absolute atomic E-state index is 5.95. The Morgan fingerprint density at radius 2 is 2.14 bits per heavy atom. The van der Waals surface area contributed by atoms with E-state index < -0.39 is 0 Å². The Kier molecular flexibility index (Phi) is 3.48. The highest BCUT2D eigenvalue weighted by Gasteiger charge is 2.08. The molecule has 0 aliphatic heterocycles. The topological polar surface area (TPSA) is 66.0 Å². The molecule has 3 rings (SSSR count). The molecule has 5 heteroatoms. The quantitative estimate of drug-likeness (QED) is 0.747. The fraction of sp³-hybridized carbons (Fsp3) is 0.250. The number of ether oxygens (including phenoxy) is 1. The van der Waals surface area contributed by atoms with Crippen LogP contribution in [0.1, 0.15) is 18.3 Å². The smallest absolute Gasteiger partial charge is 0.130 e. The number of hydrogen-bond donors (Lipinski definition) is 1. The molecule has 0 saturated carbocycles. The van der Waals surface area contributed by atoms with Crippen LogP contribution >= 0.6 is 0 Å². The minimum atomic E-state index is 0.470. The summed E-state index contributed by atoms with van der Waals surface area (Å²) >= 11 is 0. The molecule has 108 valence electrons. The molecule has 0 amide bonds. The summed E-state index contributed by atoms with van der Waals surface area (Å²) in [5.41, 5.74) is 9.49. The number of fused-ring (bicyclic) bond motifs is 1. The molecule has 0 saturated heterocycles. The SMILES string of the molecule is CCc1cc(COc2ccc(N)c3ncccc23)n(C)n1. The lowest BCUT2D eigenvalue weighted by molar-refractivity contribution is 0.298. The summed E-state index contributed by atoms with van der Waals surface area (Å²) in [4.78, 5) is 4.31. The van der Waals surface area contributed by atoms with Gasteiger partial charge in [-0.1, -0.05) is 6.92 Å². The average Bonchev–Trinajstić information content (AvgIpc) is 2.87. The van der Waals surface area contributed by atoms with Crippen LogP contribution in [0, 0.1) is 0 Å². The van der Waals surface area contributed by atoms with Crippen molar-refractivity contribution in [2.24, 2.45) is 7.05 Å². The van der Waals surface area contributed by atoms with E-state index in [1.165, 1.54) is 0 Å². The second-order valence-corrected chi connectivity index (χ2v) is 4.95. The van der Waals surface area contributed by atoms with E-state index in [1.807, 2.05) is 36.0 Å². The van der Waals surface area contributed by atoms with Gasteiger partial charge in [-0.2, -0.15) is 5.10 Å². The zero-order chi connectivity index (χ0) is 14.8. The van der Waals surface area contributed by atoms with Crippen LogP contribution in [0.5, 0.6) is 5.75 Å². The molecule has 3 aromatic rings. The number of rotatable bonds is 4. The number of nitrogens with two attached hydrogens (primary N) is 1. The lowest BCUT2D eigenvalue weighted by Gasteiger charge is -2.10. The Morgan fingerprint density at radius 3 is 2.90 bits per heavy atom. The molecule has 0 aliphatic rings. The van der Waals surface area contributed by atoms with Crippen LogP contribution < -0.4 is 10.5 Å². The summed E-state index contributed by atoms with van der Waals surface area (Å²) in [6.45, 7) is 2.56. The third-order valence-electron chi connectivity index (χ3n) is 3.53. The molecule has 0 spiro atoms. The summed E-state index contributed by atoms with van der Waals surface area (Å²) in [5, 5.41) is 5.35. The fourth-order valence-corrected chi connectivity index (χ4v) is 2.33. The zero-order valence-corrected chi connectivity index (χ0v) is 12.2. The van der Waals surface area contributed by atoms with Gasteiger partial charge in [0.05, 0.1) is 22.6 Å². The van der Waals surface area contributed by atoms with E-state index in [-0.39, 0.29) is 0 Å². The minimum absolute atomic E-state index is 0.470. The molecule has 0 fully saturated rings. The molecule has 2 heterocycles. The van der Waals surface area contributed by atoms with Crippen molar-refractivity contribution in [1.82, 2.24) is 14.8 Å². The molecule has 0 atom stereocenters. The first kappa shape index (κ1) is 13.4. The first-order chi connectivity index (χ1) is 10.2. The van der Waals surface area contributed by atoms with E-state index in [0.29, 0.717) is 12.3 Å². The third-order valence-corrected chi connectivity index (χ3v) is 3.53. The lowest BCUT2D eigenvalue weighted by atomic mass is 10.2. The number of anilines is 1. The largest absolute Gasteiger partial charge is 0.487 e. The monoisotopic (exact) mass is 282 g/mol. The van der Waals surface area contributed by atoms with E-state index in [1.54, 1.807) is 6.20 Å². The second kappa shape index (κ2) is 5.44. The Morgan fingerprint density at radius 1 is 1.29 bits per heavy atom. The summed E-state index contributed by atoms with van der Waals surface area (Å²) < 4.78 is 7.80. The third kappa shape index (κ3) is 2.54. The molecule has 5 nitrogen and oxygen atoms in total. The van der Waals surface area contributed by atoms with Crippen LogP contribution in [0.25, 0.3) is 10.9 Å².